The van der Waals surface area contributed by atoms with Gasteiger partial charge in [-0.05, 0) is 49.7 Å². The number of rotatable bonds is 5. The Hall–Kier alpha value is -3.19. The summed E-state index contributed by atoms with van der Waals surface area (Å²) in [6, 6.07) is 14.2. The number of anilines is 1. The van der Waals surface area contributed by atoms with Crippen LogP contribution in [0.1, 0.15) is 21.7 Å². The van der Waals surface area contributed by atoms with Gasteiger partial charge in [0.05, 0.1) is 11.4 Å². The highest BCUT2D eigenvalue weighted by Crippen LogP contribution is 2.15. The van der Waals surface area contributed by atoms with Crippen molar-refractivity contribution < 1.29 is 14.3 Å². The zero-order chi connectivity index (χ0) is 19.4. The molecule has 0 aliphatic carbocycles. The van der Waals surface area contributed by atoms with Gasteiger partial charge in [-0.25, -0.2) is 4.79 Å². The number of halogens is 1. The normalized spacial score (nSPS) is 10.5. The summed E-state index contributed by atoms with van der Waals surface area (Å²) >= 11 is 5.96. The number of benzene rings is 2. The van der Waals surface area contributed by atoms with Crippen molar-refractivity contribution in [2.24, 2.45) is 0 Å². The van der Waals surface area contributed by atoms with E-state index in [1.165, 1.54) is 4.80 Å². The van der Waals surface area contributed by atoms with E-state index in [1.807, 2.05) is 25.1 Å². The van der Waals surface area contributed by atoms with Crippen LogP contribution >= 0.6 is 11.6 Å². The Morgan fingerprint density at radius 1 is 1.11 bits per heavy atom. The number of amides is 1. The fourth-order valence-corrected chi connectivity index (χ4v) is 2.59. The maximum Gasteiger partial charge on any atom is 0.361 e. The van der Waals surface area contributed by atoms with Crippen LogP contribution in [0.4, 0.5) is 5.69 Å². The van der Waals surface area contributed by atoms with E-state index in [0.29, 0.717) is 22.1 Å². The number of carbonyl (C=O) groups excluding carboxylic acids is 2. The van der Waals surface area contributed by atoms with E-state index in [0.717, 1.165) is 5.56 Å². The molecule has 0 radical (unpaired) electrons. The lowest BCUT2D eigenvalue weighted by Gasteiger charge is -2.06. The number of hydrogen-bond donors (Lipinski definition) is 1. The molecule has 0 aliphatic rings. The molecule has 3 rings (SSSR count). The van der Waals surface area contributed by atoms with E-state index >= 15 is 0 Å². The van der Waals surface area contributed by atoms with Crippen LogP contribution in [0.3, 0.4) is 0 Å². The zero-order valence-electron chi connectivity index (χ0n) is 14.8. The van der Waals surface area contributed by atoms with Gasteiger partial charge in [0.2, 0.25) is 0 Å². The highest BCUT2D eigenvalue weighted by molar-refractivity contribution is 6.30. The summed E-state index contributed by atoms with van der Waals surface area (Å²) in [5, 5.41) is 11.5. The molecule has 27 heavy (non-hydrogen) atoms. The van der Waals surface area contributed by atoms with Gasteiger partial charge in [0.15, 0.2) is 12.3 Å². The van der Waals surface area contributed by atoms with Crippen molar-refractivity contribution in [3.8, 4) is 5.69 Å². The fraction of sp³-hybridized carbons (Fsp3) is 0.158. The number of esters is 1. The second-order valence-corrected chi connectivity index (χ2v) is 6.33. The first-order valence-electron chi connectivity index (χ1n) is 8.16. The molecule has 8 heteroatoms. The molecule has 0 aliphatic heterocycles. The molecule has 3 aromatic rings. The highest BCUT2D eigenvalue weighted by Gasteiger charge is 2.19. The SMILES string of the molecule is Cc1cccc(NC(=O)COC(=O)c2nn(-c3cccc(Cl)c3)nc2C)c1. The molecule has 0 saturated carbocycles. The third-order valence-corrected chi connectivity index (χ3v) is 3.89. The Balaban J connectivity index is 1.63. The molecule has 0 bridgehead atoms. The largest absolute Gasteiger partial charge is 0.451 e. The Kier molecular flexibility index (Phi) is 5.52. The Morgan fingerprint density at radius 2 is 1.89 bits per heavy atom. The molecule has 0 saturated heterocycles. The average molecular weight is 385 g/mol. The highest BCUT2D eigenvalue weighted by atomic mass is 35.5. The first-order valence-corrected chi connectivity index (χ1v) is 8.54. The lowest BCUT2D eigenvalue weighted by atomic mass is 10.2. The molecular weight excluding hydrogens is 368 g/mol. The molecule has 1 amide bonds. The first kappa shape index (κ1) is 18.6. The van der Waals surface area contributed by atoms with Crippen LogP contribution in [0.15, 0.2) is 48.5 Å². The Bertz CT molecular complexity index is 1000. The molecule has 2 aromatic carbocycles. The quantitative estimate of drug-likeness (QED) is 0.682. The summed E-state index contributed by atoms with van der Waals surface area (Å²) in [6.07, 6.45) is 0. The topological polar surface area (TPSA) is 86.1 Å². The lowest BCUT2D eigenvalue weighted by Crippen LogP contribution is -2.21. The van der Waals surface area contributed by atoms with Gasteiger partial charge in [0.25, 0.3) is 5.91 Å². The summed E-state index contributed by atoms with van der Waals surface area (Å²) in [5.41, 5.74) is 2.69. The van der Waals surface area contributed by atoms with Crippen molar-refractivity contribution in [3.63, 3.8) is 0 Å². The van der Waals surface area contributed by atoms with Crippen LogP contribution in [0, 0.1) is 13.8 Å². The molecule has 138 valence electrons. The number of carbonyl (C=O) groups is 2. The first-order chi connectivity index (χ1) is 12.9. The second-order valence-electron chi connectivity index (χ2n) is 5.90. The van der Waals surface area contributed by atoms with Crippen LogP contribution in [0.5, 0.6) is 0 Å². The minimum absolute atomic E-state index is 0.0401. The predicted octanol–water partition coefficient (Wildman–Crippen LogP) is 3.33. The maximum absolute atomic E-state index is 12.2. The maximum atomic E-state index is 12.2. The molecular formula is C19H17ClN4O3. The summed E-state index contributed by atoms with van der Waals surface area (Å²) in [5.74, 6) is -1.16. The van der Waals surface area contributed by atoms with Crippen molar-refractivity contribution in [1.82, 2.24) is 15.0 Å². The number of nitrogens with zero attached hydrogens (tertiary/aromatic N) is 3. The van der Waals surface area contributed by atoms with Gasteiger partial charge in [-0.15, -0.1) is 5.10 Å². The van der Waals surface area contributed by atoms with Crippen molar-refractivity contribution in [3.05, 3.63) is 70.5 Å². The van der Waals surface area contributed by atoms with Gasteiger partial charge >= 0.3 is 5.97 Å². The Labute approximate surface area is 160 Å². The van der Waals surface area contributed by atoms with Crippen LogP contribution in [-0.2, 0) is 9.53 Å². The summed E-state index contributed by atoms with van der Waals surface area (Å²) in [4.78, 5) is 25.5. The smallest absolute Gasteiger partial charge is 0.361 e. The van der Waals surface area contributed by atoms with E-state index < -0.39 is 18.5 Å². The minimum Gasteiger partial charge on any atom is -0.451 e. The molecule has 0 atom stereocenters. The van der Waals surface area contributed by atoms with Gasteiger partial charge in [-0.1, -0.05) is 29.8 Å². The number of ether oxygens (including phenoxy) is 1. The van der Waals surface area contributed by atoms with E-state index in [9.17, 15) is 9.59 Å². The summed E-state index contributed by atoms with van der Waals surface area (Å²) in [7, 11) is 0. The van der Waals surface area contributed by atoms with Crippen molar-refractivity contribution in [2.75, 3.05) is 11.9 Å². The van der Waals surface area contributed by atoms with Crippen molar-refractivity contribution >= 4 is 29.2 Å². The van der Waals surface area contributed by atoms with Gasteiger partial charge in [0, 0.05) is 10.7 Å². The number of aromatic nitrogens is 3. The monoisotopic (exact) mass is 384 g/mol. The van der Waals surface area contributed by atoms with E-state index in [2.05, 4.69) is 15.5 Å². The summed E-state index contributed by atoms with van der Waals surface area (Å²) < 4.78 is 5.05. The number of aryl methyl sites for hydroxylation is 2. The molecule has 1 heterocycles. The van der Waals surface area contributed by atoms with Crippen molar-refractivity contribution in [1.29, 1.82) is 0 Å². The van der Waals surface area contributed by atoms with E-state index in [1.54, 1.807) is 37.3 Å². The zero-order valence-corrected chi connectivity index (χ0v) is 15.5. The molecule has 0 unspecified atom stereocenters. The van der Waals surface area contributed by atoms with Gasteiger partial charge in [0.1, 0.15) is 0 Å². The Morgan fingerprint density at radius 3 is 2.63 bits per heavy atom. The summed E-state index contributed by atoms with van der Waals surface area (Å²) in [6.45, 7) is 3.13. The molecule has 0 fully saturated rings. The fourth-order valence-electron chi connectivity index (χ4n) is 2.40. The second kappa shape index (κ2) is 8.01. The standard InChI is InChI=1S/C19H17ClN4O3/c1-12-5-3-7-15(9-12)21-17(25)11-27-19(26)18-13(2)22-24(23-18)16-8-4-6-14(20)10-16/h3-10H,11H2,1-2H3,(H,21,25). The minimum atomic E-state index is -0.722. The third-order valence-electron chi connectivity index (χ3n) is 3.65. The van der Waals surface area contributed by atoms with Crippen molar-refractivity contribution in [2.45, 2.75) is 13.8 Å². The third kappa shape index (κ3) is 4.71. The van der Waals surface area contributed by atoms with Gasteiger partial charge in [-0.2, -0.15) is 9.90 Å². The lowest BCUT2D eigenvalue weighted by molar-refractivity contribution is -0.119. The van der Waals surface area contributed by atoms with Crippen LogP contribution in [0.25, 0.3) is 5.69 Å². The predicted molar refractivity (Wildman–Crippen MR) is 101 cm³/mol. The molecule has 1 N–H and O–H groups in total. The van der Waals surface area contributed by atoms with E-state index in [4.69, 9.17) is 16.3 Å². The van der Waals surface area contributed by atoms with Gasteiger partial charge < -0.3 is 10.1 Å². The van der Waals surface area contributed by atoms with E-state index in [-0.39, 0.29) is 5.69 Å². The molecule has 7 nitrogen and oxygen atoms in total. The van der Waals surface area contributed by atoms with Crippen LogP contribution in [-0.4, -0.2) is 33.5 Å². The number of nitrogens with one attached hydrogen (secondary N) is 1. The average Bonchev–Trinajstić information content (AvgIpc) is 3.02. The van der Waals surface area contributed by atoms with Gasteiger partial charge in [-0.3, -0.25) is 4.79 Å². The molecule has 0 spiro atoms. The number of hydrogen-bond acceptors (Lipinski definition) is 5. The molecule has 1 aromatic heterocycles. The van der Waals surface area contributed by atoms with Crippen LogP contribution in [0.2, 0.25) is 5.02 Å². The van der Waals surface area contributed by atoms with Crippen LogP contribution < -0.4 is 5.32 Å².